The summed E-state index contributed by atoms with van der Waals surface area (Å²) in [6.45, 7) is -0.611. The third-order valence-corrected chi connectivity index (χ3v) is 8.28. The molecule has 4 aromatic carbocycles. The number of benzene rings is 4. The number of ether oxygens (including phenoxy) is 4. The number of esters is 2. The van der Waals surface area contributed by atoms with Crippen LogP contribution in [0.3, 0.4) is 0 Å². The molecule has 1 aliphatic heterocycles. The van der Waals surface area contributed by atoms with E-state index < -0.39 is 64.6 Å². The first-order chi connectivity index (χ1) is 23.9. The minimum Gasteiger partial charge on any atom is -0.492 e. The van der Waals surface area contributed by atoms with Gasteiger partial charge in [-0.25, -0.2) is 32.2 Å². The van der Waals surface area contributed by atoms with Crippen molar-refractivity contribution in [2.75, 3.05) is 33.3 Å². The Morgan fingerprint density at radius 1 is 0.820 bits per heavy atom. The van der Waals surface area contributed by atoms with Crippen molar-refractivity contribution in [1.82, 2.24) is 5.01 Å². The zero-order valence-electron chi connectivity index (χ0n) is 26.3. The molecule has 1 N–H and O–H groups in total. The molecule has 5 rings (SSSR count). The van der Waals surface area contributed by atoms with Crippen LogP contribution in [0, 0.1) is 23.3 Å². The van der Waals surface area contributed by atoms with Crippen molar-refractivity contribution in [2.45, 2.75) is 5.37 Å². The molecule has 50 heavy (non-hydrogen) atoms. The summed E-state index contributed by atoms with van der Waals surface area (Å²) in [7, 11) is 3.58. The number of rotatable bonds is 10. The van der Waals surface area contributed by atoms with Crippen molar-refractivity contribution in [2.24, 2.45) is 5.10 Å². The highest BCUT2D eigenvalue weighted by molar-refractivity contribution is 8.14. The van der Waals surface area contributed by atoms with Crippen LogP contribution in [-0.2, 0) is 14.3 Å². The number of para-hydroxylation sites is 1. The lowest BCUT2D eigenvalue weighted by atomic mass is 10.1. The number of hydrogen-bond acceptors (Lipinski definition) is 10. The molecule has 0 aromatic heterocycles. The molecule has 1 aliphatic rings. The number of nitrogens with one attached hydrogen (secondary N) is 1. The minimum atomic E-state index is -1.45. The highest BCUT2D eigenvalue weighted by atomic mass is 32.2. The maximum absolute atomic E-state index is 14.8. The van der Waals surface area contributed by atoms with Crippen molar-refractivity contribution < 1.29 is 55.7 Å². The fraction of sp³-hybridized carbons (Fsp3) is 0.147. The molecule has 0 bridgehead atoms. The Balaban J connectivity index is 1.44. The summed E-state index contributed by atoms with van der Waals surface area (Å²) < 4.78 is 77.6. The Labute approximate surface area is 285 Å². The summed E-state index contributed by atoms with van der Waals surface area (Å²) in [4.78, 5) is 50.8. The Bertz CT molecular complexity index is 1970. The molecule has 258 valence electrons. The number of amides is 2. The summed E-state index contributed by atoms with van der Waals surface area (Å²) in [6, 6.07) is 14.1. The van der Waals surface area contributed by atoms with Gasteiger partial charge in [-0.1, -0.05) is 23.9 Å². The predicted octanol–water partition coefficient (Wildman–Crippen LogP) is 6.09. The summed E-state index contributed by atoms with van der Waals surface area (Å²) >= 11 is 0.967. The molecule has 0 saturated heterocycles. The molecule has 11 nitrogen and oxygen atoms in total. The van der Waals surface area contributed by atoms with Gasteiger partial charge in [0.2, 0.25) is 0 Å². The average molecular weight is 712 g/mol. The smallest absolute Gasteiger partial charge is 0.337 e. The fourth-order valence-corrected chi connectivity index (χ4v) is 6.00. The molecular formula is C34H25F4N3O8S. The molecule has 0 radical (unpaired) electrons. The van der Waals surface area contributed by atoms with Crippen molar-refractivity contribution in [1.29, 1.82) is 0 Å². The van der Waals surface area contributed by atoms with Crippen LogP contribution in [0.2, 0.25) is 0 Å². The Morgan fingerprint density at radius 3 is 2.02 bits per heavy atom. The molecule has 0 aliphatic carbocycles. The average Bonchev–Trinajstić information content (AvgIpc) is 3.55. The highest BCUT2D eigenvalue weighted by Crippen LogP contribution is 2.47. The van der Waals surface area contributed by atoms with Crippen LogP contribution in [0.5, 0.6) is 11.5 Å². The number of methoxy groups -OCH3 is 3. The van der Waals surface area contributed by atoms with E-state index in [1.54, 1.807) is 0 Å². The number of hydrogen-bond donors (Lipinski definition) is 1. The number of carbonyl (C=O) groups excluding carboxylic acids is 4. The molecule has 1 unspecified atom stereocenters. The van der Waals surface area contributed by atoms with E-state index in [0.717, 1.165) is 31.0 Å². The second-order valence-corrected chi connectivity index (χ2v) is 11.3. The van der Waals surface area contributed by atoms with Crippen LogP contribution in [0.4, 0.5) is 23.2 Å². The van der Waals surface area contributed by atoms with Gasteiger partial charge < -0.3 is 24.3 Å². The van der Waals surface area contributed by atoms with Crippen LogP contribution >= 0.6 is 11.8 Å². The van der Waals surface area contributed by atoms with E-state index in [1.807, 2.05) is 0 Å². The highest BCUT2D eigenvalue weighted by Gasteiger charge is 2.39. The normalized spacial score (nSPS) is 13.7. The van der Waals surface area contributed by atoms with Crippen LogP contribution in [0.15, 0.2) is 77.9 Å². The summed E-state index contributed by atoms with van der Waals surface area (Å²) in [5.74, 6) is -8.12. The fourth-order valence-electron chi connectivity index (χ4n) is 4.83. The van der Waals surface area contributed by atoms with E-state index in [-0.39, 0.29) is 38.9 Å². The minimum absolute atomic E-state index is 0.0149. The van der Waals surface area contributed by atoms with Gasteiger partial charge in [0.15, 0.2) is 18.1 Å². The molecule has 0 spiro atoms. The largest absolute Gasteiger partial charge is 0.492 e. The zero-order valence-corrected chi connectivity index (χ0v) is 27.1. The third kappa shape index (κ3) is 7.54. The standard InChI is InChI=1S/C34H25F4N3O8S/c1-46-29-23(5-4-6-26(29)49-16-27(42)39-22-12-18(33(44)47-2)11-19(13-22)34(45)48-3)32-41(31(43)28-24(37)14-21(36)15-25(28)38)40-30(50-32)17-7-9-20(35)10-8-17/h4-15,32H,16H2,1-3H3,(H,39,42). The number of halogens is 4. The molecule has 16 heteroatoms. The summed E-state index contributed by atoms with van der Waals surface area (Å²) in [5.41, 5.74) is -0.457. The van der Waals surface area contributed by atoms with Gasteiger partial charge in [0.25, 0.3) is 11.8 Å². The predicted molar refractivity (Wildman–Crippen MR) is 172 cm³/mol. The van der Waals surface area contributed by atoms with Gasteiger partial charge in [-0.15, -0.1) is 0 Å². The van der Waals surface area contributed by atoms with E-state index in [1.165, 1.54) is 67.8 Å². The maximum Gasteiger partial charge on any atom is 0.337 e. The van der Waals surface area contributed by atoms with Gasteiger partial charge in [-0.05, 0) is 48.5 Å². The number of nitrogens with zero attached hydrogens (tertiary/aromatic N) is 2. The van der Waals surface area contributed by atoms with Crippen molar-refractivity contribution in [3.8, 4) is 11.5 Å². The lowest BCUT2D eigenvalue weighted by Gasteiger charge is -2.24. The summed E-state index contributed by atoms with van der Waals surface area (Å²) in [5, 5.41) is 6.63. The second-order valence-electron chi connectivity index (χ2n) is 10.3. The Morgan fingerprint density at radius 2 is 1.44 bits per heavy atom. The molecule has 0 saturated carbocycles. The zero-order chi connectivity index (χ0) is 36.1. The van der Waals surface area contributed by atoms with Crippen molar-refractivity contribution in [3.63, 3.8) is 0 Å². The first-order valence-corrected chi connectivity index (χ1v) is 15.2. The van der Waals surface area contributed by atoms with Crippen molar-refractivity contribution >= 4 is 46.2 Å². The Hall–Kier alpha value is -5.90. The first-order valence-electron chi connectivity index (χ1n) is 14.3. The lowest BCUT2D eigenvalue weighted by molar-refractivity contribution is -0.118. The molecule has 1 atom stereocenters. The quantitative estimate of drug-likeness (QED) is 0.153. The van der Waals surface area contributed by atoms with E-state index in [0.29, 0.717) is 17.7 Å². The van der Waals surface area contributed by atoms with Crippen LogP contribution in [-0.4, -0.2) is 61.7 Å². The van der Waals surface area contributed by atoms with Crippen LogP contribution in [0.25, 0.3) is 0 Å². The number of hydrazone groups is 1. The second kappa shape index (κ2) is 15.1. The van der Waals surface area contributed by atoms with Crippen LogP contribution < -0.4 is 14.8 Å². The van der Waals surface area contributed by atoms with Gasteiger partial charge in [-0.2, -0.15) is 5.10 Å². The lowest BCUT2D eigenvalue weighted by Crippen LogP contribution is -2.28. The number of thioether (sulfide) groups is 1. The summed E-state index contributed by atoms with van der Waals surface area (Å²) in [6.07, 6.45) is 0. The van der Waals surface area contributed by atoms with Gasteiger partial charge in [0.05, 0.1) is 32.5 Å². The molecule has 1 heterocycles. The van der Waals surface area contributed by atoms with Gasteiger partial charge in [-0.3, -0.25) is 9.59 Å². The van der Waals surface area contributed by atoms with Gasteiger partial charge in [0, 0.05) is 28.9 Å². The van der Waals surface area contributed by atoms with E-state index in [9.17, 15) is 36.7 Å². The Kier molecular flexibility index (Phi) is 10.7. The van der Waals surface area contributed by atoms with Gasteiger partial charge in [0.1, 0.15) is 39.2 Å². The molecule has 0 fully saturated rings. The topological polar surface area (TPSA) is 133 Å². The van der Waals surface area contributed by atoms with Crippen molar-refractivity contribution in [3.05, 3.63) is 124 Å². The molecular weight excluding hydrogens is 686 g/mol. The van der Waals surface area contributed by atoms with E-state index >= 15 is 0 Å². The maximum atomic E-state index is 14.8. The monoisotopic (exact) mass is 711 g/mol. The first kappa shape index (κ1) is 35.4. The number of carbonyl (C=O) groups is 4. The molecule has 2 amide bonds. The van der Waals surface area contributed by atoms with Crippen LogP contribution in [0.1, 0.15) is 47.6 Å². The number of anilines is 1. The SMILES string of the molecule is COC(=O)c1cc(NC(=O)COc2cccc(C3SC(c4ccc(F)cc4)=NN3C(=O)c3c(F)cc(F)cc3F)c2OC)cc(C(=O)OC)c1. The van der Waals surface area contributed by atoms with E-state index in [2.05, 4.69) is 10.4 Å². The third-order valence-electron chi connectivity index (χ3n) is 7.06. The van der Waals surface area contributed by atoms with Gasteiger partial charge >= 0.3 is 11.9 Å². The molecule has 4 aromatic rings. The van der Waals surface area contributed by atoms with E-state index in [4.69, 9.17) is 18.9 Å².